The average molecular weight is 436 g/mol. The molecule has 2 heterocycles. The molecule has 0 radical (unpaired) electrons. The van der Waals surface area contributed by atoms with Crippen LogP contribution in [0.2, 0.25) is 5.02 Å². The van der Waals surface area contributed by atoms with Crippen LogP contribution in [0.1, 0.15) is 39.4 Å². The molecule has 1 aliphatic heterocycles. The maximum atomic E-state index is 12.8. The maximum absolute atomic E-state index is 12.8. The molecule has 1 fully saturated rings. The van der Waals surface area contributed by atoms with E-state index in [1.54, 1.807) is 17.0 Å². The molecule has 0 bridgehead atoms. The Labute approximate surface area is 185 Å². The van der Waals surface area contributed by atoms with Crippen LogP contribution >= 0.6 is 11.6 Å². The van der Waals surface area contributed by atoms with Crippen LogP contribution < -0.4 is 15.4 Å². The number of hydrogen-bond acceptors (Lipinski definition) is 4. The van der Waals surface area contributed by atoms with Crippen LogP contribution in [-0.4, -0.2) is 23.3 Å². The van der Waals surface area contributed by atoms with Crippen LogP contribution in [0.15, 0.2) is 54.7 Å². The highest BCUT2D eigenvalue weighted by molar-refractivity contribution is 6.30. The number of amides is 2. The first-order chi connectivity index (χ1) is 14.8. The van der Waals surface area contributed by atoms with Crippen molar-refractivity contribution in [3.63, 3.8) is 0 Å². The minimum absolute atomic E-state index is 0.0774. The van der Waals surface area contributed by atoms with E-state index >= 15 is 0 Å². The van der Waals surface area contributed by atoms with Gasteiger partial charge in [-0.1, -0.05) is 23.7 Å². The Kier molecular flexibility index (Phi) is 5.65. The van der Waals surface area contributed by atoms with Gasteiger partial charge in [0.05, 0.1) is 0 Å². The second kappa shape index (κ2) is 8.40. The van der Waals surface area contributed by atoms with Gasteiger partial charge in [-0.05, 0) is 61.4 Å². The molecule has 158 valence electrons. The van der Waals surface area contributed by atoms with Crippen LogP contribution in [0.3, 0.4) is 0 Å². The Hall–Kier alpha value is -3.38. The van der Waals surface area contributed by atoms with Crippen molar-refractivity contribution in [1.29, 1.82) is 0 Å². The van der Waals surface area contributed by atoms with Gasteiger partial charge in [0.1, 0.15) is 17.3 Å². The quantitative estimate of drug-likeness (QED) is 0.625. The molecule has 2 aromatic carbocycles. The highest BCUT2D eigenvalue weighted by Gasteiger charge is 2.34. The summed E-state index contributed by atoms with van der Waals surface area (Å²) in [5.74, 6) is 1.01. The van der Waals surface area contributed by atoms with Crippen molar-refractivity contribution in [2.45, 2.75) is 26.2 Å². The van der Waals surface area contributed by atoms with E-state index < -0.39 is 5.91 Å². The van der Waals surface area contributed by atoms with E-state index in [1.807, 2.05) is 32.0 Å². The zero-order valence-electron chi connectivity index (χ0n) is 17.3. The molecule has 0 spiro atoms. The molecule has 1 unspecified atom stereocenters. The number of halogens is 1. The standard InChI is InChI=1S/C24H22ClN3O3/c1-14-7-15(2)9-19(8-14)31-21-12-18(25)3-4-20(21)17-11-23(29)28(13-17)22-10-16(24(26)30)5-6-27-22/h3-10,12,17H,11,13H2,1-2H3,(H2,26,30). The molecule has 7 heteroatoms. The number of aryl methyl sites for hydroxylation is 2. The predicted molar refractivity (Wildman–Crippen MR) is 120 cm³/mol. The number of nitrogens with zero attached hydrogens (tertiary/aromatic N) is 2. The summed E-state index contributed by atoms with van der Waals surface area (Å²) in [6.07, 6.45) is 1.78. The summed E-state index contributed by atoms with van der Waals surface area (Å²) < 4.78 is 6.20. The molecule has 0 saturated carbocycles. The lowest BCUT2D eigenvalue weighted by molar-refractivity contribution is -0.117. The average Bonchev–Trinajstić information content (AvgIpc) is 3.09. The Balaban J connectivity index is 1.64. The lowest BCUT2D eigenvalue weighted by Crippen LogP contribution is -2.26. The van der Waals surface area contributed by atoms with Crippen LogP contribution in [0.5, 0.6) is 11.5 Å². The SMILES string of the molecule is Cc1cc(C)cc(Oc2cc(Cl)ccc2C2CC(=O)N(c3cc(C(N)=O)ccn3)C2)c1. The minimum Gasteiger partial charge on any atom is -0.457 e. The number of pyridine rings is 1. The third-order valence-corrected chi connectivity index (χ3v) is 5.51. The molecular weight excluding hydrogens is 414 g/mol. The number of carbonyl (C=O) groups excluding carboxylic acids is 2. The van der Waals surface area contributed by atoms with Gasteiger partial charge in [0.25, 0.3) is 0 Å². The van der Waals surface area contributed by atoms with Gasteiger partial charge in [0.15, 0.2) is 0 Å². The second-order valence-electron chi connectivity index (χ2n) is 7.78. The van der Waals surface area contributed by atoms with Crippen molar-refractivity contribution in [3.8, 4) is 11.5 Å². The zero-order valence-corrected chi connectivity index (χ0v) is 18.0. The summed E-state index contributed by atoms with van der Waals surface area (Å²) in [5, 5.41) is 0.556. The number of carbonyl (C=O) groups is 2. The summed E-state index contributed by atoms with van der Waals surface area (Å²) in [4.78, 5) is 30.1. The Bertz CT molecular complexity index is 1160. The Morgan fingerprint density at radius 3 is 2.58 bits per heavy atom. The number of aromatic nitrogens is 1. The van der Waals surface area contributed by atoms with E-state index in [1.165, 1.54) is 18.3 Å². The van der Waals surface area contributed by atoms with Crippen molar-refractivity contribution in [2.75, 3.05) is 11.4 Å². The van der Waals surface area contributed by atoms with Crippen molar-refractivity contribution in [1.82, 2.24) is 4.98 Å². The van der Waals surface area contributed by atoms with Crippen molar-refractivity contribution < 1.29 is 14.3 Å². The molecule has 1 aliphatic rings. The van der Waals surface area contributed by atoms with E-state index in [0.717, 1.165) is 22.4 Å². The molecule has 31 heavy (non-hydrogen) atoms. The zero-order chi connectivity index (χ0) is 22.1. The molecule has 2 N–H and O–H groups in total. The van der Waals surface area contributed by atoms with Crippen molar-refractivity contribution >= 4 is 29.2 Å². The van der Waals surface area contributed by atoms with Gasteiger partial charge in [-0.3, -0.25) is 14.5 Å². The largest absolute Gasteiger partial charge is 0.457 e. The lowest BCUT2D eigenvalue weighted by Gasteiger charge is -2.18. The van der Waals surface area contributed by atoms with Crippen molar-refractivity contribution in [2.24, 2.45) is 5.73 Å². The van der Waals surface area contributed by atoms with Gasteiger partial charge in [-0.15, -0.1) is 0 Å². The van der Waals surface area contributed by atoms with Gasteiger partial charge in [-0.25, -0.2) is 4.98 Å². The van der Waals surface area contributed by atoms with Crippen LogP contribution in [0, 0.1) is 13.8 Å². The number of nitrogens with two attached hydrogens (primary N) is 1. The number of rotatable bonds is 5. The summed E-state index contributed by atoms with van der Waals surface area (Å²) in [5.41, 5.74) is 8.77. The van der Waals surface area contributed by atoms with E-state index in [4.69, 9.17) is 22.1 Å². The third kappa shape index (κ3) is 4.54. The van der Waals surface area contributed by atoms with Crippen molar-refractivity contribution in [3.05, 3.63) is 82.0 Å². The minimum atomic E-state index is -0.561. The summed E-state index contributed by atoms with van der Waals surface area (Å²) in [7, 11) is 0. The molecule has 0 aliphatic carbocycles. The molecule has 6 nitrogen and oxygen atoms in total. The smallest absolute Gasteiger partial charge is 0.248 e. The highest BCUT2D eigenvalue weighted by Crippen LogP contribution is 2.39. The summed E-state index contributed by atoms with van der Waals surface area (Å²) in [6, 6.07) is 14.5. The van der Waals surface area contributed by atoms with E-state index in [-0.39, 0.29) is 11.8 Å². The van der Waals surface area contributed by atoms with Crippen LogP contribution in [0.25, 0.3) is 0 Å². The fraction of sp³-hybridized carbons (Fsp3) is 0.208. The first kappa shape index (κ1) is 20.9. The molecule has 1 aromatic heterocycles. The monoisotopic (exact) mass is 435 g/mol. The topological polar surface area (TPSA) is 85.5 Å². The number of anilines is 1. The first-order valence-corrected chi connectivity index (χ1v) is 10.3. The number of primary amides is 1. The van der Waals surface area contributed by atoms with Crippen LogP contribution in [-0.2, 0) is 4.79 Å². The fourth-order valence-corrected chi connectivity index (χ4v) is 4.07. The summed E-state index contributed by atoms with van der Waals surface area (Å²) in [6.45, 7) is 4.44. The maximum Gasteiger partial charge on any atom is 0.248 e. The number of hydrogen-bond donors (Lipinski definition) is 1. The van der Waals surface area contributed by atoms with Crippen LogP contribution in [0.4, 0.5) is 5.82 Å². The highest BCUT2D eigenvalue weighted by atomic mass is 35.5. The van der Waals surface area contributed by atoms with Gasteiger partial charge in [-0.2, -0.15) is 0 Å². The van der Waals surface area contributed by atoms with Gasteiger partial charge >= 0.3 is 0 Å². The Morgan fingerprint density at radius 2 is 1.87 bits per heavy atom. The lowest BCUT2D eigenvalue weighted by atomic mass is 9.97. The number of benzene rings is 2. The molecule has 1 saturated heterocycles. The van der Waals surface area contributed by atoms with Gasteiger partial charge < -0.3 is 10.5 Å². The molecule has 2 amide bonds. The summed E-state index contributed by atoms with van der Waals surface area (Å²) >= 11 is 6.24. The van der Waals surface area contributed by atoms with E-state index in [9.17, 15) is 9.59 Å². The second-order valence-corrected chi connectivity index (χ2v) is 8.22. The van der Waals surface area contributed by atoms with Gasteiger partial charge in [0.2, 0.25) is 11.8 Å². The van der Waals surface area contributed by atoms with Gasteiger partial charge in [0, 0.05) is 41.2 Å². The molecule has 1 atom stereocenters. The number of ether oxygens (including phenoxy) is 1. The predicted octanol–water partition coefficient (Wildman–Crippen LogP) is 4.76. The molecular formula is C24H22ClN3O3. The molecule has 4 rings (SSSR count). The third-order valence-electron chi connectivity index (χ3n) is 5.27. The molecule has 3 aromatic rings. The normalized spacial score (nSPS) is 15.9. The first-order valence-electron chi connectivity index (χ1n) is 9.92. The fourth-order valence-electron chi connectivity index (χ4n) is 3.91. The Morgan fingerprint density at radius 1 is 1.13 bits per heavy atom. The van der Waals surface area contributed by atoms with E-state index in [2.05, 4.69) is 11.1 Å². The van der Waals surface area contributed by atoms with E-state index in [0.29, 0.717) is 35.1 Å².